The number of allylic oxidation sites excluding steroid dienone is 1. The lowest BCUT2D eigenvalue weighted by Gasteiger charge is -2.04. The van der Waals surface area contributed by atoms with E-state index >= 15 is 0 Å². The van der Waals surface area contributed by atoms with E-state index in [1.807, 2.05) is 24.5 Å². The average molecular weight is 357 g/mol. The van der Waals surface area contributed by atoms with Crippen molar-refractivity contribution in [2.24, 2.45) is 4.99 Å². The van der Waals surface area contributed by atoms with E-state index in [4.69, 9.17) is 4.42 Å². The molecule has 128 valence electrons. The largest absolute Gasteiger partial charge is 0.433 e. The summed E-state index contributed by atoms with van der Waals surface area (Å²) in [5.74, 6) is -1.31. The number of thiazole rings is 1. The lowest BCUT2D eigenvalue weighted by Crippen LogP contribution is -2.16. The normalized spacial score (nSPS) is 11.8. The van der Waals surface area contributed by atoms with Gasteiger partial charge in [0, 0.05) is 6.54 Å². The Kier molecular flexibility index (Phi) is 4.37. The third kappa shape index (κ3) is 3.16. The Bertz CT molecular complexity index is 1070. The molecule has 2 heterocycles. The summed E-state index contributed by atoms with van der Waals surface area (Å²) in [5.41, 5.74) is 3.19. The van der Waals surface area contributed by atoms with Crippen LogP contribution >= 0.6 is 11.3 Å². The Hall–Kier alpha value is -3.00. The van der Waals surface area contributed by atoms with Crippen molar-refractivity contribution in [1.29, 1.82) is 0 Å². The molecular formula is C17H15N3O4S. The Labute approximate surface area is 146 Å². The van der Waals surface area contributed by atoms with Gasteiger partial charge in [-0.3, -0.25) is 14.9 Å². The molecule has 0 radical (unpaired) electrons. The smallest absolute Gasteiger partial charge is 0.395 e. The van der Waals surface area contributed by atoms with Gasteiger partial charge in [0.05, 0.1) is 16.3 Å². The summed E-state index contributed by atoms with van der Waals surface area (Å²) in [6, 6.07) is 6.49. The van der Waals surface area contributed by atoms with Gasteiger partial charge in [0.15, 0.2) is 4.80 Å². The van der Waals surface area contributed by atoms with E-state index in [0.717, 1.165) is 27.4 Å². The number of carbonyl (C=O) groups excluding carboxylic acids is 1. The summed E-state index contributed by atoms with van der Waals surface area (Å²) in [4.78, 5) is 26.9. The van der Waals surface area contributed by atoms with Crippen LogP contribution in [0.4, 0.5) is 5.88 Å². The molecule has 3 aromatic rings. The summed E-state index contributed by atoms with van der Waals surface area (Å²) in [6.07, 6.45) is 1.73. The molecule has 0 unspecified atom stereocenters. The van der Waals surface area contributed by atoms with Crippen molar-refractivity contribution in [3.63, 3.8) is 0 Å². The van der Waals surface area contributed by atoms with Gasteiger partial charge in [-0.1, -0.05) is 23.5 Å². The van der Waals surface area contributed by atoms with Gasteiger partial charge in [-0.25, -0.2) is 0 Å². The maximum absolute atomic E-state index is 12.3. The molecule has 0 aliphatic rings. The molecule has 0 bridgehead atoms. The van der Waals surface area contributed by atoms with E-state index in [2.05, 4.69) is 17.6 Å². The number of amides is 1. The number of furan rings is 1. The first kappa shape index (κ1) is 16.8. The number of hydrogen-bond acceptors (Lipinski definition) is 5. The van der Waals surface area contributed by atoms with Crippen LogP contribution in [0.25, 0.3) is 10.2 Å². The molecule has 0 saturated heterocycles. The van der Waals surface area contributed by atoms with E-state index in [1.54, 1.807) is 6.08 Å². The highest BCUT2D eigenvalue weighted by molar-refractivity contribution is 7.16. The fourth-order valence-corrected chi connectivity index (χ4v) is 3.87. The molecule has 0 aliphatic heterocycles. The second-order valence-corrected chi connectivity index (χ2v) is 6.53. The molecule has 0 fully saturated rings. The van der Waals surface area contributed by atoms with Crippen LogP contribution in [0, 0.1) is 24.0 Å². The minimum absolute atomic E-state index is 0.165. The van der Waals surface area contributed by atoms with E-state index in [0.29, 0.717) is 11.3 Å². The second-order valence-electron chi connectivity index (χ2n) is 5.52. The highest BCUT2D eigenvalue weighted by atomic mass is 32.1. The third-order valence-electron chi connectivity index (χ3n) is 3.60. The van der Waals surface area contributed by atoms with Crippen LogP contribution in [0.15, 0.2) is 46.3 Å². The molecule has 8 heteroatoms. The van der Waals surface area contributed by atoms with E-state index in [1.165, 1.54) is 17.4 Å². The van der Waals surface area contributed by atoms with Crippen LogP contribution in [-0.2, 0) is 6.54 Å². The second kappa shape index (κ2) is 6.48. The molecule has 0 spiro atoms. The van der Waals surface area contributed by atoms with Gasteiger partial charge in [-0.2, -0.15) is 4.99 Å². The van der Waals surface area contributed by atoms with Crippen molar-refractivity contribution < 1.29 is 14.1 Å². The predicted molar refractivity (Wildman–Crippen MR) is 94.7 cm³/mol. The summed E-state index contributed by atoms with van der Waals surface area (Å²) < 4.78 is 7.84. The maximum atomic E-state index is 12.3. The summed E-state index contributed by atoms with van der Waals surface area (Å²) in [5, 5.41) is 10.7. The summed E-state index contributed by atoms with van der Waals surface area (Å²) in [6.45, 7) is 8.26. The molecule has 25 heavy (non-hydrogen) atoms. The number of aromatic nitrogens is 1. The molecule has 7 nitrogen and oxygen atoms in total. The molecule has 1 aromatic carbocycles. The van der Waals surface area contributed by atoms with Crippen LogP contribution in [0.3, 0.4) is 0 Å². The van der Waals surface area contributed by atoms with Crippen molar-refractivity contribution in [2.45, 2.75) is 20.4 Å². The van der Waals surface area contributed by atoms with Crippen LogP contribution in [0.2, 0.25) is 0 Å². The number of hydrogen-bond donors (Lipinski definition) is 0. The van der Waals surface area contributed by atoms with Crippen molar-refractivity contribution in [3.05, 3.63) is 68.7 Å². The number of fused-ring (bicyclic) bond motifs is 1. The average Bonchev–Trinajstić information content (AvgIpc) is 3.13. The number of benzene rings is 1. The number of rotatable bonds is 4. The van der Waals surface area contributed by atoms with Crippen LogP contribution < -0.4 is 4.80 Å². The first-order valence-corrected chi connectivity index (χ1v) is 8.27. The molecule has 3 rings (SSSR count). The monoisotopic (exact) mass is 357 g/mol. The lowest BCUT2D eigenvalue weighted by atomic mass is 10.1. The molecule has 0 N–H and O–H groups in total. The molecular weight excluding hydrogens is 342 g/mol. The Morgan fingerprint density at radius 3 is 2.84 bits per heavy atom. The minimum Gasteiger partial charge on any atom is -0.395 e. The minimum atomic E-state index is -0.694. The van der Waals surface area contributed by atoms with E-state index in [-0.39, 0.29) is 5.76 Å². The van der Waals surface area contributed by atoms with E-state index in [9.17, 15) is 14.9 Å². The quantitative estimate of drug-likeness (QED) is 0.404. The highest BCUT2D eigenvalue weighted by Crippen LogP contribution is 2.23. The molecule has 1 amide bonds. The predicted octanol–water partition coefficient (Wildman–Crippen LogP) is 3.75. The van der Waals surface area contributed by atoms with Gasteiger partial charge < -0.3 is 8.98 Å². The summed E-state index contributed by atoms with van der Waals surface area (Å²) in [7, 11) is 0. The van der Waals surface area contributed by atoms with Gasteiger partial charge in [0.25, 0.3) is 0 Å². The molecule has 0 saturated carbocycles. The first-order valence-electron chi connectivity index (χ1n) is 7.45. The van der Waals surface area contributed by atoms with Gasteiger partial charge >= 0.3 is 11.8 Å². The lowest BCUT2D eigenvalue weighted by molar-refractivity contribution is -0.402. The van der Waals surface area contributed by atoms with Gasteiger partial charge in [0.1, 0.15) is 4.92 Å². The first-order chi connectivity index (χ1) is 11.9. The zero-order valence-corrected chi connectivity index (χ0v) is 14.5. The van der Waals surface area contributed by atoms with Gasteiger partial charge in [-0.15, -0.1) is 6.58 Å². The maximum Gasteiger partial charge on any atom is 0.433 e. The zero-order chi connectivity index (χ0) is 18.1. The fraction of sp³-hybridized carbons (Fsp3) is 0.176. The van der Waals surface area contributed by atoms with Crippen molar-refractivity contribution in [3.8, 4) is 0 Å². The molecule has 0 atom stereocenters. The van der Waals surface area contributed by atoms with Crippen LogP contribution in [-0.4, -0.2) is 15.4 Å². The molecule has 0 aliphatic carbocycles. The van der Waals surface area contributed by atoms with E-state index < -0.39 is 16.7 Å². The summed E-state index contributed by atoms with van der Waals surface area (Å²) >= 11 is 1.38. The van der Waals surface area contributed by atoms with Gasteiger partial charge in [-0.05, 0) is 37.1 Å². The number of aryl methyl sites for hydroxylation is 2. The highest BCUT2D eigenvalue weighted by Gasteiger charge is 2.17. The van der Waals surface area contributed by atoms with Gasteiger partial charge in [0.2, 0.25) is 5.76 Å². The molecule has 2 aromatic heterocycles. The van der Waals surface area contributed by atoms with Crippen molar-refractivity contribution in [1.82, 2.24) is 4.57 Å². The fourth-order valence-electron chi connectivity index (χ4n) is 2.66. The number of nitro groups is 1. The third-order valence-corrected chi connectivity index (χ3v) is 4.63. The Balaban J connectivity index is 2.15. The van der Waals surface area contributed by atoms with Crippen LogP contribution in [0.1, 0.15) is 21.7 Å². The number of nitrogens with zero attached hydrogens (tertiary/aromatic N) is 3. The number of carbonyl (C=O) groups is 1. The standard InChI is InChI=1S/C17H15N3O4S/c1-4-7-19-15-11(3)8-10(2)9-13(15)25-17(19)18-16(21)12-5-6-14(24-12)20(22)23/h4-6,8-9H,1,7H2,2-3H3. The Morgan fingerprint density at radius 2 is 2.20 bits per heavy atom. The van der Waals surface area contributed by atoms with Crippen molar-refractivity contribution >= 4 is 33.3 Å². The zero-order valence-electron chi connectivity index (χ0n) is 13.7. The Morgan fingerprint density at radius 1 is 1.44 bits per heavy atom. The van der Waals surface area contributed by atoms with Crippen molar-refractivity contribution in [2.75, 3.05) is 0 Å². The SMILES string of the molecule is C=CCn1c(=NC(=O)c2ccc([N+](=O)[O-])o2)sc2cc(C)cc(C)c21. The topological polar surface area (TPSA) is 90.6 Å². The van der Waals surface area contributed by atoms with Crippen LogP contribution in [0.5, 0.6) is 0 Å².